The third-order valence-electron chi connectivity index (χ3n) is 3.32. The van der Waals surface area contributed by atoms with Crippen molar-refractivity contribution in [2.45, 2.75) is 37.6 Å². The molecule has 7 nitrogen and oxygen atoms in total. The smallest absolute Gasteiger partial charge is 0.257 e. The molecule has 0 aromatic heterocycles. The van der Waals surface area contributed by atoms with Crippen molar-refractivity contribution in [1.82, 2.24) is 10.0 Å². The summed E-state index contributed by atoms with van der Waals surface area (Å²) in [5.74, 6) is 0.200. The molecule has 2 N–H and O–H groups in total. The molecule has 0 aliphatic carbocycles. The van der Waals surface area contributed by atoms with Gasteiger partial charge < -0.3 is 14.8 Å². The van der Waals surface area contributed by atoms with Crippen molar-refractivity contribution in [1.29, 1.82) is 0 Å². The molecule has 1 atom stereocenters. The number of carbonyl (C=O) groups is 1. The van der Waals surface area contributed by atoms with Crippen molar-refractivity contribution < 1.29 is 22.7 Å². The molecule has 0 bridgehead atoms. The lowest BCUT2D eigenvalue weighted by Gasteiger charge is -2.12. The molecule has 0 heterocycles. The first-order valence-electron chi connectivity index (χ1n) is 7.90. The third kappa shape index (κ3) is 7.29. The van der Waals surface area contributed by atoms with E-state index in [2.05, 4.69) is 10.0 Å². The van der Waals surface area contributed by atoms with Gasteiger partial charge >= 0.3 is 0 Å². The van der Waals surface area contributed by atoms with Crippen LogP contribution in [-0.2, 0) is 19.6 Å². The van der Waals surface area contributed by atoms with E-state index in [9.17, 15) is 13.2 Å². The lowest BCUT2D eigenvalue weighted by molar-refractivity contribution is -0.123. The van der Waals surface area contributed by atoms with Gasteiger partial charge in [0, 0.05) is 26.3 Å². The molecule has 24 heavy (non-hydrogen) atoms. The summed E-state index contributed by atoms with van der Waals surface area (Å²) in [5.41, 5.74) is 0. The molecule has 1 aromatic rings. The summed E-state index contributed by atoms with van der Waals surface area (Å²) in [6.45, 7) is 4.70. The highest BCUT2D eigenvalue weighted by atomic mass is 32.2. The number of amides is 1. The average Bonchev–Trinajstić information content (AvgIpc) is 2.56. The second-order valence-corrected chi connectivity index (χ2v) is 7.10. The third-order valence-corrected chi connectivity index (χ3v) is 4.93. The van der Waals surface area contributed by atoms with Crippen LogP contribution in [0.1, 0.15) is 26.7 Å². The number of rotatable bonds is 11. The zero-order valence-corrected chi connectivity index (χ0v) is 15.2. The Morgan fingerprint density at radius 1 is 1.25 bits per heavy atom. The fourth-order valence-electron chi connectivity index (χ4n) is 1.78. The van der Waals surface area contributed by atoms with E-state index in [4.69, 9.17) is 9.47 Å². The largest absolute Gasteiger partial charge is 0.484 e. The quantitative estimate of drug-likeness (QED) is 0.582. The summed E-state index contributed by atoms with van der Waals surface area (Å²) >= 11 is 0. The van der Waals surface area contributed by atoms with Crippen molar-refractivity contribution in [3.05, 3.63) is 24.3 Å². The van der Waals surface area contributed by atoms with Crippen molar-refractivity contribution in [2.24, 2.45) is 0 Å². The Morgan fingerprint density at radius 3 is 2.50 bits per heavy atom. The Labute approximate surface area is 143 Å². The minimum Gasteiger partial charge on any atom is -0.484 e. The molecule has 136 valence electrons. The number of hydrogen-bond donors (Lipinski definition) is 2. The van der Waals surface area contributed by atoms with Crippen LogP contribution in [0, 0.1) is 0 Å². The molecule has 0 aliphatic rings. The second kappa shape index (κ2) is 10.3. The summed E-state index contributed by atoms with van der Waals surface area (Å²) in [6, 6.07) is 5.84. The monoisotopic (exact) mass is 358 g/mol. The minimum absolute atomic E-state index is 0.121. The topological polar surface area (TPSA) is 93.7 Å². The van der Waals surface area contributed by atoms with Gasteiger partial charge in [0.1, 0.15) is 5.75 Å². The van der Waals surface area contributed by atoms with Crippen molar-refractivity contribution in [3.8, 4) is 5.75 Å². The predicted molar refractivity (Wildman–Crippen MR) is 91.5 cm³/mol. The van der Waals surface area contributed by atoms with Gasteiger partial charge in [-0.2, -0.15) is 0 Å². The zero-order valence-electron chi connectivity index (χ0n) is 14.4. The van der Waals surface area contributed by atoms with E-state index in [0.29, 0.717) is 25.3 Å². The standard InChI is InChI=1S/C16H26N2O5S/c1-4-13(2)18-24(20,21)15-8-6-14(7-9-15)23-12-16(19)17-10-5-11-22-3/h6-9,13,18H,4-5,10-12H2,1-3H3,(H,17,19)/t13-/m1/s1. The van der Waals surface area contributed by atoms with E-state index in [1.165, 1.54) is 24.3 Å². The van der Waals surface area contributed by atoms with Crippen LogP contribution in [0.2, 0.25) is 0 Å². The normalized spacial score (nSPS) is 12.6. The highest BCUT2D eigenvalue weighted by Crippen LogP contribution is 2.16. The first-order valence-corrected chi connectivity index (χ1v) is 9.38. The summed E-state index contributed by atoms with van der Waals surface area (Å²) < 4.78 is 37.1. The van der Waals surface area contributed by atoms with E-state index in [-0.39, 0.29) is 23.5 Å². The van der Waals surface area contributed by atoms with Gasteiger partial charge in [0.2, 0.25) is 10.0 Å². The molecule has 0 spiro atoms. The Bertz CT molecular complexity index is 601. The lowest BCUT2D eigenvalue weighted by atomic mass is 10.3. The summed E-state index contributed by atoms with van der Waals surface area (Å²) in [4.78, 5) is 11.7. The van der Waals surface area contributed by atoms with Crippen molar-refractivity contribution >= 4 is 15.9 Å². The van der Waals surface area contributed by atoms with Crippen LogP contribution in [0.5, 0.6) is 5.75 Å². The number of carbonyl (C=O) groups excluding carboxylic acids is 1. The predicted octanol–water partition coefficient (Wildman–Crippen LogP) is 1.29. The SMILES string of the molecule is CC[C@@H](C)NS(=O)(=O)c1ccc(OCC(=O)NCCCOC)cc1. The van der Waals surface area contributed by atoms with Crippen LogP contribution in [0.4, 0.5) is 0 Å². The van der Waals surface area contributed by atoms with E-state index in [1.54, 1.807) is 14.0 Å². The molecule has 1 aromatic carbocycles. The van der Waals surface area contributed by atoms with E-state index < -0.39 is 10.0 Å². The van der Waals surface area contributed by atoms with Gasteiger partial charge in [0.25, 0.3) is 5.91 Å². The first-order chi connectivity index (χ1) is 11.4. The van der Waals surface area contributed by atoms with Crippen LogP contribution < -0.4 is 14.8 Å². The maximum atomic E-state index is 12.1. The molecule has 0 aliphatic heterocycles. The molecule has 1 rings (SSSR count). The molecule has 0 saturated carbocycles. The highest BCUT2D eigenvalue weighted by molar-refractivity contribution is 7.89. The zero-order chi connectivity index (χ0) is 18.0. The fraction of sp³-hybridized carbons (Fsp3) is 0.562. The molecule has 0 unspecified atom stereocenters. The van der Waals surface area contributed by atoms with E-state index in [1.807, 2.05) is 6.92 Å². The first kappa shape index (κ1) is 20.4. The van der Waals surface area contributed by atoms with E-state index >= 15 is 0 Å². The number of sulfonamides is 1. The van der Waals surface area contributed by atoms with Gasteiger partial charge in [0.15, 0.2) is 6.61 Å². The highest BCUT2D eigenvalue weighted by Gasteiger charge is 2.16. The van der Waals surface area contributed by atoms with Gasteiger partial charge in [0.05, 0.1) is 4.90 Å². The van der Waals surface area contributed by atoms with Gasteiger partial charge in [-0.05, 0) is 44.0 Å². The van der Waals surface area contributed by atoms with E-state index in [0.717, 1.165) is 6.42 Å². The maximum absolute atomic E-state index is 12.1. The molecular weight excluding hydrogens is 332 g/mol. The Morgan fingerprint density at radius 2 is 1.92 bits per heavy atom. The van der Waals surface area contributed by atoms with Gasteiger partial charge in [-0.1, -0.05) is 6.92 Å². The summed E-state index contributed by atoms with van der Waals surface area (Å²) in [6.07, 6.45) is 1.44. The van der Waals surface area contributed by atoms with Gasteiger partial charge in [-0.3, -0.25) is 4.79 Å². The lowest BCUT2D eigenvalue weighted by Crippen LogP contribution is -2.32. The number of hydrogen-bond acceptors (Lipinski definition) is 5. The molecule has 8 heteroatoms. The molecule has 1 amide bonds. The second-order valence-electron chi connectivity index (χ2n) is 5.39. The van der Waals surface area contributed by atoms with Crippen LogP contribution in [-0.4, -0.2) is 47.2 Å². The van der Waals surface area contributed by atoms with Crippen molar-refractivity contribution in [3.63, 3.8) is 0 Å². The molecular formula is C16H26N2O5S. The minimum atomic E-state index is -3.53. The van der Waals surface area contributed by atoms with Gasteiger partial charge in [-0.15, -0.1) is 0 Å². The molecule has 0 fully saturated rings. The number of methoxy groups -OCH3 is 1. The fourth-order valence-corrected chi connectivity index (χ4v) is 3.10. The average molecular weight is 358 g/mol. The number of ether oxygens (including phenoxy) is 2. The summed E-state index contributed by atoms with van der Waals surface area (Å²) in [7, 11) is -1.93. The molecule has 0 saturated heterocycles. The Hall–Kier alpha value is -1.64. The van der Waals surface area contributed by atoms with Gasteiger partial charge in [-0.25, -0.2) is 13.1 Å². The van der Waals surface area contributed by atoms with Crippen LogP contribution in [0.25, 0.3) is 0 Å². The summed E-state index contributed by atoms with van der Waals surface area (Å²) in [5, 5.41) is 2.70. The Kier molecular flexibility index (Phi) is 8.73. The number of benzene rings is 1. The van der Waals surface area contributed by atoms with Crippen molar-refractivity contribution in [2.75, 3.05) is 26.9 Å². The number of nitrogens with one attached hydrogen (secondary N) is 2. The van der Waals surface area contributed by atoms with Crippen LogP contribution >= 0.6 is 0 Å². The maximum Gasteiger partial charge on any atom is 0.257 e. The van der Waals surface area contributed by atoms with Crippen LogP contribution in [0.15, 0.2) is 29.2 Å². The Balaban J connectivity index is 2.49. The molecule has 0 radical (unpaired) electrons. The van der Waals surface area contributed by atoms with Crippen LogP contribution in [0.3, 0.4) is 0 Å².